The summed E-state index contributed by atoms with van der Waals surface area (Å²) in [5, 5.41) is 9.12. The minimum atomic E-state index is -4.61. The third-order valence-electron chi connectivity index (χ3n) is 3.81. The van der Waals surface area contributed by atoms with Gasteiger partial charge in [-0.05, 0) is 38.8 Å². The molecule has 132 valence electrons. The van der Waals surface area contributed by atoms with E-state index in [1.54, 1.807) is 0 Å². The number of halogens is 3. The number of nitrogens with zero attached hydrogens (tertiary/aromatic N) is 1. The third-order valence-corrected chi connectivity index (χ3v) is 3.81. The van der Waals surface area contributed by atoms with Crippen LogP contribution in [0, 0.1) is 0 Å². The first-order chi connectivity index (χ1) is 11.1. The van der Waals surface area contributed by atoms with Gasteiger partial charge in [0.15, 0.2) is 6.10 Å². The van der Waals surface area contributed by atoms with E-state index in [0.29, 0.717) is 12.8 Å². The number of amides is 1. The number of ether oxygens (including phenoxy) is 1. The quantitative estimate of drug-likeness (QED) is 0.861. The number of carboxylic acid groups (broad SMARTS) is 1. The molecule has 5 nitrogen and oxygen atoms in total. The molecule has 1 aliphatic carbocycles. The summed E-state index contributed by atoms with van der Waals surface area (Å²) in [4.78, 5) is 24.8. The second-order valence-electron chi connectivity index (χ2n) is 5.74. The van der Waals surface area contributed by atoms with Crippen molar-refractivity contribution in [1.82, 2.24) is 4.90 Å². The number of hydrogen-bond acceptors (Lipinski definition) is 3. The maximum Gasteiger partial charge on any atom is 0.419 e. The Morgan fingerprint density at radius 3 is 2.33 bits per heavy atom. The number of carbonyl (C=O) groups is 2. The van der Waals surface area contributed by atoms with Gasteiger partial charge in [-0.25, -0.2) is 4.79 Å². The molecule has 0 aliphatic heterocycles. The first-order valence-electron chi connectivity index (χ1n) is 7.50. The number of aliphatic carboxylic acids is 1. The van der Waals surface area contributed by atoms with E-state index in [9.17, 15) is 22.8 Å². The molecular weight excluding hydrogens is 327 g/mol. The first kappa shape index (κ1) is 18.1. The van der Waals surface area contributed by atoms with Gasteiger partial charge in [-0.2, -0.15) is 13.2 Å². The molecule has 1 aromatic rings. The lowest BCUT2D eigenvalue weighted by Gasteiger charge is -2.29. The lowest BCUT2D eigenvalue weighted by atomic mass is 10.2. The summed E-state index contributed by atoms with van der Waals surface area (Å²) < 4.78 is 44.2. The molecule has 1 fully saturated rings. The Kier molecular flexibility index (Phi) is 5.05. The van der Waals surface area contributed by atoms with E-state index in [0.717, 1.165) is 12.1 Å². The monoisotopic (exact) mass is 345 g/mol. The lowest BCUT2D eigenvalue weighted by Crippen LogP contribution is -2.49. The zero-order valence-electron chi connectivity index (χ0n) is 13.2. The smallest absolute Gasteiger partial charge is 0.419 e. The van der Waals surface area contributed by atoms with Crippen molar-refractivity contribution in [2.45, 2.75) is 51.1 Å². The summed E-state index contributed by atoms with van der Waals surface area (Å²) in [5.41, 5.74) is -0.978. The molecule has 0 bridgehead atoms. The van der Waals surface area contributed by atoms with Gasteiger partial charge in [0.05, 0.1) is 5.56 Å². The van der Waals surface area contributed by atoms with Crippen molar-refractivity contribution in [2.75, 3.05) is 0 Å². The van der Waals surface area contributed by atoms with Crippen LogP contribution in [0.15, 0.2) is 24.3 Å². The van der Waals surface area contributed by atoms with Crippen molar-refractivity contribution in [1.29, 1.82) is 0 Å². The molecule has 1 aliphatic rings. The van der Waals surface area contributed by atoms with E-state index in [1.807, 2.05) is 0 Å². The number of rotatable bonds is 6. The van der Waals surface area contributed by atoms with Crippen molar-refractivity contribution in [2.24, 2.45) is 0 Å². The number of hydrogen-bond donors (Lipinski definition) is 1. The topological polar surface area (TPSA) is 66.8 Å². The van der Waals surface area contributed by atoms with E-state index in [1.165, 1.54) is 30.9 Å². The van der Waals surface area contributed by atoms with Crippen LogP contribution in [-0.2, 0) is 15.8 Å². The van der Waals surface area contributed by atoms with E-state index >= 15 is 0 Å². The third kappa shape index (κ3) is 3.98. The van der Waals surface area contributed by atoms with Crippen molar-refractivity contribution in [3.63, 3.8) is 0 Å². The van der Waals surface area contributed by atoms with Gasteiger partial charge in [0.2, 0.25) is 0 Å². The summed E-state index contributed by atoms with van der Waals surface area (Å²) in [6.45, 7) is 2.69. The van der Waals surface area contributed by atoms with Gasteiger partial charge < -0.3 is 14.7 Å². The molecule has 1 amide bonds. The molecule has 1 saturated carbocycles. The predicted octanol–water partition coefficient (Wildman–Crippen LogP) is 2.94. The van der Waals surface area contributed by atoms with Crippen LogP contribution in [0.3, 0.4) is 0 Å². The number of carbonyl (C=O) groups excluding carboxylic acids is 1. The molecule has 0 saturated heterocycles. The molecule has 2 unspecified atom stereocenters. The number of alkyl halides is 3. The molecule has 0 radical (unpaired) electrons. The van der Waals surface area contributed by atoms with Crippen LogP contribution in [0.25, 0.3) is 0 Å². The van der Waals surface area contributed by atoms with Crippen LogP contribution in [-0.4, -0.2) is 40.1 Å². The van der Waals surface area contributed by atoms with Crippen molar-refractivity contribution in [3.05, 3.63) is 29.8 Å². The summed E-state index contributed by atoms with van der Waals surface area (Å²) in [6, 6.07) is 3.34. The molecule has 0 heterocycles. The Bertz CT molecular complexity index is 628. The summed E-state index contributed by atoms with van der Waals surface area (Å²) in [7, 11) is 0. The van der Waals surface area contributed by atoms with Gasteiger partial charge in [-0.3, -0.25) is 4.79 Å². The van der Waals surface area contributed by atoms with Crippen LogP contribution in [0.2, 0.25) is 0 Å². The first-order valence-corrected chi connectivity index (χ1v) is 7.50. The Morgan fingerprint density at radius 2 is 1.83 bits per heavy atom. The van der Waals surface area contributed by atoms with Crippen LogP contribution >= 0.6 is 0 Å². The number of carboxylic acids is 1. The highest BCUT2D eigenvalue weighted by atomic mass is 19.4. The minimum Gasteiger partial charge on any atom is -0.480 e. The van der Waals surface area contributed by atoms with Gasteiger partial charge in [0, 0.05) is 6.04 Å². The maximum atomic E-state index is 13.0. The fraction of sp³-hybridized carbons (Fsp3) is 0.500. The summed E-state index contributed by atoms with van der Waals surface area (Å²) in [5.74, 6) is -2.26. The molecule has 24 heavy (non-hydrogen) atoms. The Balaban J connectivity index is 2.18. The summed E-state index contributed by atoms with van der Waals surface area (Å²) in [6.07, 6.45) is -4.48. The fourth-order valence-corrected chi connectivity index (χ4v) is 2.41. The Hall–Kier alpha value is -2.25. The Labute approximate surface area is 137 Å². The highest BCUT2D eigenvalue weighted by molar-refractivity contribution is 5.86. The molecule has 0 aromatic heterocycles. The molecule has 2 atom stereocenters. The molecule has 8 heteroatoms. The number of benzene rings is 1. The van der Waals surface area contributed by atoms with Gasteiger partial charge in [0.25, 0.3) is 5.91 Å². The largest absolute Gasteiger partial charge is 0.480 e. The van der Waals surface area contributed by atoms with E-state index in [4.69, 9.17) is 9.84 Å². The van der Waals surface area contributed by atoms with Gasteiger partial charge in [-0.1, -0.05) is 12.1 Å². The highest BCUT2D eigenvalue weighted by Crippen LogP contribution is 2.37. The van der Waals surface area contributed by atoms with Gasteiger partial charge in [-0.15, -0.1) is 0 Å². The van der Waals surface area contributed by atoms with E-state index < -0.39 is 41.5 Å². The zero-order valence-corrected chi connectivity index (χ0v) is 13.2. The van der Waals surface area contributed by atoms with Crippen molar-refractivity contribution in [3.8, 4) is 5.75 Å². The van der Waals surface area contributed by atoms with E-state index in [-0.39, 0.29) is 6.04 Å². The zero-order chi connectivity index (χ0) is 18.1. The van der Waals surface area contributed by atoms with Crippen molar-refractivity contribution < 1.29 is 32.6 Å². The normalized spacial score (nSPS) is 17.0. The predicted molar refractivity (Wildman–Crippen MR) is 78.5 cm³/mol. The van der Waals surface area contributed by atoms with Crippen molar-refractivity contribution >= 4 is 11.9 Å². The summed E-state index contributed by atoms with van der Waals surface area (Å²) >= 11 is 0. The fourth-order valence-electron chi connectivity index (χ4n) is 2.41. The van der Waals surface area contributed by atoms with Gasteiger partial charge >= 0.3 is 12.1 Å². The highest BCUT2D eigenvalue weighted by Gasteiger charge is 2.41. The van der Waals surface area contributed by atoms with Crippen LogP contribution in [0.1, 0.15) is 32.3 Å². The van der Waals surface area contributed by atoms with Crippen LogP contribution < -0.4 is 4.74 Å². The SMILES string of the molecule is CC(Oc1ccccc1C(F)(F)F)C(=O)N(C1CC1)C(C)C(=O)O. The standard InChI is InChI=1S/C16H18F3NO4/c1-9(15(22)23)20(11-7-8-11)14(21)10(2)24-13-6-4-3-5-12(13)16(17,18)19/h3-6,9-11H,7-8H2,1-2H3,(H,22,23). The minimum absolute atomic E-state index is 0.201. The van der Waals surface area contributed by atoms with Crippen LogP contribution in [0.4, 0.5) is 13.2 Å². The molecule has 2 rings (SSSR count). The molecule has 0 spiro atoms. The molecular formula is C16H18F3NO4. The average molecular weight is 345 g/mol. The van der Waals surface area contributed by atoms with Crippen LogP contribution in [0.5, 0.6) is 5.75 Å². The number of para-hydroxylation sites is 1. The van der Waals surface area contributed by atoms with Gasteiger partial charge in [0.1, 0.15) is 11.8 Å². The second kappa shape index (κ2) is 6.70. The average Bonchev–Trinajstić information content (AvgIpc) is 3.31. The lowest BCUT2D eigenvalue weighted by molar-refractivity contribution is -0.153. The molecule has 1 aromatic carbocycles. The maximum absolute atomic E-state index is 13.0. The second-order valence-corrected chi connectivity index (χ2v) is 5.74. The molecule has 1 N–H and O–H groups in total. The Morgan fingerprint density at radius 1 is 1.25 bits per heavy atom. The van der Waals surface area contributed by atoms with E-state index in [2.05, 4.69) is 0 Å².